The first-order valence-electron chi connectivity index (χ1n) is 12.8. The molecule has 0 aromatic heterocycles. The summed E-state index contributed by atoms with van der Waals surface area (Å²) in [6, 6.07) is 11.0. The van der Waals surface area contributed by atoms with Crippen molar-refractivity contribution < 1.29 is 9.59 Å². The minimum absolute atomic E-state index is 0.0803. The van der Waals surface area contributed by atoms with Crippen LogP contribution >= 0.6 is 0 Å². The zero-order valence-corrected chi connectivity index (χ0v) is 21.2. The lowest BCUT2D eigenvalue weighted by molar-refractivity contribution is 0.0980. The smallest absolute Gasteiger partial charge is 0.196 e. The summed E-state index contributed by atoms with van der Waals surface area (Å²) in [5.41, 5.74) is 3.47. The van der Waals surface area contributed by atoms with Gasteiger partial charge in [-0.2, -0.15) is 0 Å². The van der Waals surface area contributed by atoms with Crippen LogP contribution in [0.4, 0.5) is 11.4 Å². The predicted octanol–water partition coefficient (Wildman–Crippen LogP) is 4.75. The summed E-state index contributed by atoms with van der Waals surface area (Å²) in [7, 11) is 0. The van der Waals surface area contributed by atoms with Crippen LogP contribution in [-0.2, 0) is 0 Å². The van der Waals surface area contributed by atoms with E-state index < -0.39 is 0 Å². The summed E-state index contributed by atoms with van der Waals surface area (Å²) in [5.74, 6) is -0.161. The van der Waals surface area contributed by atoms with Crippen LogP contribution in [0.5, 0.6) is 0 Å². The van der Waals surface area contributed by atoms with E-state index in [-0.39, 0.29) is 11.6 Å². The maximum atomic E-state index is 13.5. The monoisotopic (exact) mass is 464 g/mol. The molecule has 6 heteroatoms. The Hall–Kier alpha value is -2.70. The molecule has 3 rings (SSSR count). The molecule has 0 saturated carbocycles. The van der Waals surface area contributed by atoms with Crippen LogP contribution in [0.15, 0.2) is 36.4 Å². The van der Waals surface area contributed by atoms with Gasteiger partial charge in [0.25, 0.3) is 0 Å². The van der Waals surface area contributed by atoms with Gasteiger partial charge in [0.1, 0.15) is 0 Å². The van der Waals surface area contributed by atoms with Crippen molar-refractivity contribution in [3.63, 3.8) is 0 Å². The molecule has 6 nitrogen and oxygen atoms in total. The molecule has 0 amide bonds. The zero-order valence-electron chi connectivity index (χ0n) is 21.2. The molecule has 2 N–H and O–H groups in total. The lowest BCUT2D eigenvalue weighted by Crippen LogP contribution is -2.27. The molecule has 0 saturated heterocycles. The number of benzene rings is 2. The highest BCUT2D eigenvalue weighted by molar-refractivity contribution is 6.31. The number of ketones is 2. The van der Waals surface area contributed by atoms with Gasteiger partial charge >= 0.3 is 0 Å². The molecule has 0 bridgehead atoms. The van der Waals surface area contributed by atoms with Crippen LogP contribution in [0.25, 0.3) is 0 Å². The van der Waals surface area contributed by atoms with Gasteiger partial charge in [0.15, 0.2) is 11.6 Å². The largest absolute Gasteiger partial charge is 0.384 e. The third kappa shape index (κ3) is 5.86. The summed E-state index contributed by atoms with van der Waals surface area (Å²) >= 11 is 0. The molecular weight excluding hydrogens is 424 g/mol. The molecule has 0 heterocycles. The van der Waals surface area contributed by atoms with Crippen LogP contribution in [0.1, 0.15) is 72.4 Å². The van der Waals surface area contributed by atoms with Crippen molar-refractivity contribution in [3.05, 3.63) is 58.7 Å². The highest BCUT2D eigenvalue weighted by Gasteiger charge is 2.33. The van der Waals surface area contributed by atoms with Gasteiger partial charge in [-0.15, -0.1) is 0 Å². The summed E-state index contributed by atoms with van der Waals surface area (Å²) in [6.07, 6.45) is 1.95. The van der Waals surface area contributed by atoms with Crippen LogP contribution in [0.2, 0.25) is 0 Å². The Morgan fingerprint density at radius 2 is 1.00 bits per heavy atom. The summed E-state index contributed by atoms with van der Waals surface area (Å²) in [5, 5.41) is 6.90. The third-order valence-electron chi connectivity index (χ3n) is 6.80. The number of carbonyl (C=O) groups excluding carboxylic acids is 2. The number of nitrogens with zero attached hydrogens (tertiary/aromatic N) is 2. The van der Waals surface area contributed by atoms with Crippen molar-refractivity contribution in [1.82, 2.24) is 9.80 Å². The first-order chi connectivity index (χ1) is 16.5. The summed E-state index contributed by atoms with van der Waals surface area (Å²) in [6.45, 7) is 16.3. The topological polar surface area (TPSA) is 64.7 Å². The highest BCUT2D eigenvalue weighted by atomic mass is 16.1. The molecule has 0 atom stereocenters. The number of hydrogen-bond acceptors (Lipinski definition) is 6. The molecule has 0 spiro atoms. The van der Waals surface area contributed by atoms with Gasteiger partial charge in [0.2, 0.25) is 0 Å². The lowest BCUT2D eigenvalue weighted by Gasteiger charge is -2.24. The molecule has 0 aliphatic heterocycles. The van der Waals surface area contributed by atoms with E-state index in [0.717, 1.165) is 76.6 Å². The lowest BCUT2D eigenvalue weighted by atomic mass is 9.82. The fourth-order valence-electron chi connectivity index (χ4n) is 4.65. The summed E-state index contributed by atoms with van der Waals surface area (Å²) < 4.78 is 0. The van der Waals surface area contributed by atoms with E-state index in [2.05, 4.69) is 48.1 Å². The SMILES string of the molecule is CCN(CC)CCCNc1ccc(NCCCN(CC)CC)c2c1C(=O)c1ccccc1C2=O. The molecule has 2 aromatic carbocycles. The van der Waals surface area contributed by atoms with Gasteiger partial charge in [-0.1, -0.05) is 52.0 Å². The predicted molar refractivity (Wildman–Crippen MR) is 142 cm³/mol. The van der Waals surface area contributed by atoms with Gasteiger partial charge in [-0.05, 0) is 64.2 Å². The number of anilines is 2. The molecule has 1 aliphatic rings. The van der Waals surface area contributed by atoms with Gasteiger partial charge in [-0.3, -0.25) is 9.59 Å². The Morgan fingerprint density at radius 1 is 0.618 bits per heavy atom. The first-order valence-corrected chi connectivity index (χ1v) is 12.8. The molecule has 184 valence electrons. The number of rotatable bonds is 14. The quantitative estimate of drug-likeness (QED) is 0.336. The van der Waals surface area contributed by atoms with Crippen molar-refractivity contribution in [1.29, 1.82) is 0 Å². The fraction of sp³-hybridized carbons (Fsp3) is 0.500. The first kappa shape index (κ1) is 25.9. The standard InChI is InChI=1S/C28H40N4O2/c1-5-31(6-2)19-11-17-29-23-15-16-24(30-18-12-20-32(7-3)8-4)26-25(23)27(33)21-13-9-10-14-22(21)28(26)34/h9-10,13-16,29-30H,5-8,11-12,17-20H2,1-4H3. The van der Waals surface area contributed by atoms with Crippen LogP contribution in [-0.4, -0.2) is 73.7 Å². The van der Waals surface area contributed by atoms with Gasteiger partial charge in [-0.25, -0.2) is 0 Å². The zero-order chi connectivity index (χ0) is 24.5. The number of hydrogen-bond donors (Lipinski definition) is 2. The minimum Gasteiger partial charge on any atom is -0.384 e. The third-order valence-corrected chi connectivity index (χ3v) is 6.80. The van der Waals surface area contributed by atoms with E-state index in [9.17, 15) is 9.59 Å². The molecule has 2 aromatic rings. The van der Waals surface area contributed by atoms with Crippen LogP contribution in [0.3, 0.4) is 0 Å². The van der Waals surface area contributed by atoms with E-state index in [1.165, 1.54) is 0 Å². The Morgan fingerprint density at radius 3 is 1.35 bits per heavy atom. The molecule has 34 heavy (non-hydrogen) atoms. The number of carbonyl (C=O) groups is 2. The van der Waals surface area contributed by atoms with Crippen LogP contribution in [0, 0.1) is 0 Å². The average Bonchev–Trinajstić information content (AvgIpc) is 2.87. The molecule has 1 aliphatic carbocycles. The van der Waals surface area contributed by atoms with E-state index in [1.807, 2.05) is 24.3 Å². The Kier molecular flexibility index (Phi) is 9.66. The number of nitrogens with one attached hydrogen (secondary N) is 2. The van der Waals surface area contributed by atoms with Crippen molar-refractivity contribution in [2.45, 2.75) is 40.5 Å². The van der Waals surface area contributed by atoms with E-state index in [1.54, 1.807) is 12.1 Å². The molecule has 0 radical (unpaired) electrons. The Bertz CT molecular complexity index is 902. The molecule has 0 fully saturated rings. The number of fused-ring (bicyclic) bond motifs is 2. The van der Waals surface area contributed by atoms with Crippen LogP contribution < -0.4 is 10.6 Å². The van der Waals surface area contributed by atoms with Gasteiger partial charge in [0.05, 0.1) is 11.1 Å². The maximum Gasteiger partial charge on any atom is 0.196 e. The second kappa shape index (κ2) is 12.7. The van der Waals surface area contributed by atoms with Crippen molar-refractivity contribution in [2.24, 2.45) is 0 Å². The second-order valence-corrected chi connectivity index (χ2v) is 8.73. The second-order valence-electron chi connectivity index (χ2n) is 8.73. The maximum absolute atomic E-state index is 13.5. The summed E-state index contributed by atoms with van der Waals surface area (Å²) in [4.78, 5) is 31.8. The van der Waals surface area contributed by atoms with Crippen molar-refractivity contribution >= 4 is 22.9 Å². The van der Waals surface area contributed by atoms with Crippen molar-refractivity contribution in [3.8, 4) is 0 Å². The van der Waals surface area contributed by atoms with E-state index in [0.29, 0.717) is 22.3 Å². The van der Waals surface area contributed by atoms with Gasteiger partial charge in [0, 0.05) is 35.6 Å². The molecular formula is C28H40N4O2. The normalized spacial score (nSPS) is 12.8. The Balaban J connectivity index is 1.82. The van der Waals surface area contributed by atoms with E-state index in [4.69, 9.17) is 0 Å². The fourth-order valence-corrected chi connectivity index (χ4v) is 4.65. The average molecular weight is 465 g/mol. The Labute approximate surface area is 204 Å². The van der Waals surface area contributed by atoms with Gasteiger partial charge < -0.3 is 20.4 Å². The highest BCUT2D eigenvalue weighted by Crippen LogP contribution is 2.36. The molecule has 0 unspecified atom stereocenters. The minimum atomic E-state index is -0.0803. The van der Waals surface area contributed by atoms with Crippen molar-refractivity contribution in [2.75, 3.05) is 63.0 Å². The van der Waals surface area contributed by atoms with E-state index >= 15 is 0 Å².